The average molecular weight is 945 g/mol. The highest BCUT2D eigenvalue weighted by Crippen LogP contribution is 2.54. The van der Waals surface area contributed by atoms with Crippen LogP contribution in [0.5, 0.6) is 0 Å². The Bertz CT molecular complexity index is 4390. The molecule has 15 aromatic rings. The molecule has 0 fully saturated rings. The number of fused-ring (bicyclic) bond motifs is 10. The van der Waals surface area contributed by atoms with E-state index in [1.807, 2.05) is 12.1 Å². The lowest BCUT2D eigenvalue weighted by Gasteiger charge is -2.33. The van der Waals surface area contributed by atoms with Crippen LogP contribution in [0.2, 0.25) is 0 Å². The molecule has 2 aromatic heterocycles. The summed E-state index contributed by atoms with van der Waals surface area (Å²) < 4.78 is 13.4. The van der Waals surface area contributed by atoms with Crippen molar-refractivity contribution in [3.63, 3.8) is 0 Å². The third kappa shape index (κ3) is 6.84. The second-order valence-electron chi connectivity index (χ2n) is 19.2. The lowest BCUT2D eigenvalue weighted by molar-refractivity contribution is 0.668. The van der Waals surface area contributed by atoms with Crippen molar-refractivity contribution in [1.29, 1.82) is 0 Å². The first-order valence-corrected chi connectivity index (χ1v) is 25.2. The first-order chi connectivity index (χ1) is 36.7. The molecule has 0 radical (unpaired) electrons. The minimum absolute atomic E-state index is 0.833. The van der Waals surface area contributed by atoms with Crippen LogP contribution in [0.3, 0.4) is 0 Å². The number of nitrogens with zero attached hydrogens (tertiary/aromatic N) is 2. The van der Waals surface area contributed by atoms with E-state index >= 15 is 0 Å². The van der Waals surface area contributed by atoms with Crippen molar-refractivity contribution in [2.45, 2.75) is 0 Å². The molecule has 2 heterocycles. The Hall–Kier alpha value is -9.90. The van der Waals surface area contributed by atoms with Crippen LogP contribution in [-0.2, 0) is 0 Å². The van der Waals surface area contributed by atoms with Crippen LogP contribution in [0.4, 0.5) is 34.1 Å². The number of furan rings is 2. The Kier molecular flexibility index (Phi) is 9.54. The minimum atomic E-state index is 0.833. The minimum Gasteiger partial charge on any atom is -0.456 e. The van der Waals surface area contributed by atoms with E-state index in [0.29, 0.717) is 0 Å². The summed E-state index contributed by atoms with van der Waals surface area (Å²) in [6.07, 6.45) is 0. The Morgan fingerprint density at radius 2 is 0.554 bits per heavy atom. The van der Waals surface area contributed by atoms with E-state index in [-0.39, 0.29) is 0 Å². The van der Waals surface area contributed by atoms with Crippen LogP contribution in [0, 0.1) is 0 Å². The number of anilines is 6. The summed E-state index contributed by atoms with van der Waals surface area (Å²) in [5, 5.41) is 13.4. The first kappa shape index (κ1) is 41.8. The standard InChI is InChI=1S/C70H44N2O2/c1-3-15-45(16-4-1)51-29-35-61-63(41-51)69(71(53-31-27-47-19-7-9-21-49(47)39-53)55-33-37-59-57-23-11-13-25-65(57)73-67(59)43-55)62-36-30-52(46-17-5-2-6-18-46)42-64(62)70(61)72(54-32-28-48-20-8-10-22-50(48)40-54)56-34-38-60-58-24-12-14-26-66(58)74-68(60)44-56/h1-44H. The Labute approximate surface area is 426 Å². The third-order valence-corrected chi connectivity index (χ3v) is 14.9. The van der Waals surface area contributed by atoms with Gasteiger partial charge in [-0.3, -0.25) is 0 Å². The van der Waals surface area contributed by atoms with Gasteiger partial charge >= 0.3 is 0 Å². The zero-order chi connectivity index (χ0) is 48.7. The zero-order valence-corrected chi connectivity index (χ0v) is 40.1. The highest BCUT2D eigenvalue weighted by Gasteiger charge is 2.28. The number of hydrogen-bond donors (Lipinski definition) is 0. The molecule has 0 aliphatic rings. The fraction of sp³-hybridized carbons (Fsp3) is 0. The Morgan fingerprint density at radius 3 is 1.01 bits per heavy atom. The molecule has 0 aliphatic carbocycles. The molecule has 0 saturated carbocycles. The summed E-state index contributed by atoms with van der Waals surface area (Å²) in [7, 11) is 0. The van der Waals surface area contributed by atoms with Crippen LogP contribution in [0.15, 0.2) is 276 Å². The molecule has 4 nitrogen and oxygen atoms in total. The summed E-state index contributed by atoms with van der Waals surface area (Å²) in [6, 6.07) is 96.5. The van der Waals surface area contributed by atoms with Gasteiger partial charge < -0.3 is 18.6 Å². The van der Waals surface area contributed by atoms with Crippen molar-refractivity contribution in [2.24, 2.45) is 0 Å². The van der Waals surface area contributed by atoms with Gasteiger partial charge in [0.15, 0.2) is 0 Å². The summed E-state index contributed by atoms with van der Waals surface area (Å²) in [4.78, 5) is 4.93. The molecule has 4 heteroatoms. The van der Waals surface area contributed by atoms with Gasteiger partial charge in [-0.15, -0.1) is 0 Å². The SMILES string of the molecule is c1ccc(-c2ccc3c(N(c4ccc5ccccc5c4)c4ccc5c(c4)oc4ccccc45)c4cc(-c5ccccc5)ccc4c(N(c4ccc5ccccc5c4)c4ccc5c(c4)oc4ccccc45)c3c2)cc1. The van der Waals surface area contributed by atoms with Gasteiger partial charge in [0.1, 0.15) is 22.3 Å². The van der Waals surface area contributed by atoms with Crippen LogP contribution in [0.1, 0.15) is 0 Å². The van der Waals surface area contributed by atoms with Crippen LogP contribution in [0.25, 0.3) is 109 Å². The molecule has 0 unspecified atom stereocenters. The predicted octanol–water partition coefficient (Wildman–Crippen LogP) is 20.4. The van der Waals surface area contributed by atoms with E-state index < -0.39 is 0 Å². The molecule has 0 atom stereocenters. The van der Waals surface area contributed by atoms with E-state index in [9.17, 15) is 0 Å². The fourth-order valence-electron chi connectivity index (χ4n) is 11.4. The largest absolute Gasteiger partial charge is 0.456 e. The maximum Gasteiger partial charge on any atom is 0.137 e. The topological polar surface area (TPSA) is 32.8 Å². The summed E-state index contributed by atoms with van der Waals surface area (Å²) in [6.45, 7) is 0. The molecule has 346 valence electrons. The van der Waals surface area contributed by atoms with E-state index in [1.165, 1.54) is 10.8 Å². The van der Waals surface area contributed by atoms with Gasteiger partial charge in [0.25, 0.3) is 0 Å². The molecule has 0 amide bonds. The van der Waals surface area contributed by atoms with Gasteiger partial charge in [0, 0.05) is 78.0 Å². The molecule has 15 rings (SSSR count). The van der Waals surface area contributed by atoms with Crippen molar-refractivity contribution >= 4 is 121 Å². The van der Waals surface area contributed by atoms with Gasteiger partial charge in [0.2, 0.25) is 0 Å². The molecule has 0 saturated heterocycles. The molecule has 0 N–H and O–H groups in total. The molecule has 0 bridgehead atoms. The van der Waals surface area contributed by atoms with Crippen LogP contribution in [-0.4, -0.2) is 0 Å². The summed E-state index contributed by atoms with van der Waals surface area (Å²) in [5.74, 6) is 0. The second kappa shape index (κ2) is 16.9. The highest BCUT2D eigenvalue weighted by atomic mass is 16.3. The van der Waals surface area contributed by atoms with Crippen molar-refractivity contribution in [3.05, 3.63) is 267 Å². The maximum absolute atomic E-state index is 6.69. The van der Waals surface area contributed by atoms with Crippen molar-refractivity contribution < 1.29 is 8.83 Å². The molecule has 0 spiro atoms. The lowest BCUT2D eigenvalue weighted by atomic mass is 9.91. The van der Waals surface area contributed by atoms with E-state index in [4.69, 9.17) is 8.83 Å². The monoisotopic (exact) mass is 944 g/mol. The summed E-state index contributed by atoms with van der Waals surface area (Å²) >= 11 is 0. The zero-order valence-electron chi connectivity index (χ0n) is 40.1. The summed E-state index contributed by atoms with van der Waals surface area (Å²) in [5.41, 5.74) is 14.1. The van der Waals surface area contributed by atoms with Crippen molar-refractivity contribution in [3.8, 4) is 22.3 Å². The first-order valence-electron chi connectivity index (χ1n) is 25.2. The van der Waals surface area contributed by atoms with Gasteiger partial charge in [0.05, 0.1) is 11.4 Å². The smallest absolute Gasteiger partial charge is 0.137 e. The quantitative estimate of drug-likeness (QED) is 0.112. The van der Waals surface area contributed by atoms with E-state index in [1.54, 1.807) is 0 Å². The number of benzene rings is 13. The highest BCUT2D eigenvalue weighted by molar-refractivity contribution is 6.25. The number of para-hydroxylation sites is 2. The molecule has 0 aliphatic heterocycles. The van der Waals surface area contributed by atoms with Crippen molar-refractivity contribution in [1.82, 2.24) is 0 Å². The van der Waals surface area contributed by atoms with Gasteiger partial charge in [-0.25, -0.2) is 0 Å². The second-order valence-corrected chi connectivity index (χ2v) is 19.2. The van der Waals surface area contributed by atoms with E-state index in [2.05, 4.69) is 265 Å². The lowest BCUT2D eigenvalue weighted by Crippen LogP contribution is -2.15. The maximum atomic E-state index is 6.69. The Balaban J connectivity index is 1.10. The third-order valence-electron chi connectivity index (χ3n) is 14.9. The normalized spacial score (nSPS) is 11.8. The van der Waals surface area contributed by atoms with Crippen molar-refractivity contribution in [2.75, 3.05) is 9.80 Å². The van der Waals surface area contributed by atoms with Crippen LogP contribution < -0.4 is 9.80 Å². The van der Waals surface area contributed by atoms with Gasteiger partial charge in [-0.1, -0.05) is 182 Å². The fourth-order valence-corrected chi connectivity index (χ4v) is 11.4. The average Bonchev–Trinajstić information content (AvgIpc) is 4.04. The van der Waals surface area contributed by atoms with Crippen LogP contribution >= 0.6 is 0 Å². The number of hydrogen-bond acceptors (Lipinski definition) is 4. The molecule has 74 heavy (non-hydrogen) atoms. The Morgan fingerprint density at radius 1 is 0.203 bits per heavy atom. The predicted molar refractivity (Wildman–Crippen MR) is 311 cm³/mol. The molecular formula is C70H44N2O2. The van der Waals surface area contributed by atoms with Gasteiger partial charge in [-0.2, -0.15) is 0 Å². The number of rotatable bonds is 8. The van der Waals surface area contributed by atoms with E-state index in [0.717, 1.165) is 133 Å². The van der Waals surface area contributed by atoms with Gasteiger partial charge in [-0.05, 0) is 117 Å². The molecule has 13 aromatic carbocycles. The molecular weight excluding hydrogens is 901 g/mol.